The van der Waals surface area contributed by atoms with Crippen LogP contribution >= 0.6 is 0 Å². The van der Waals surface area contributed by atoms with Gasteiger partial charge < -0.3 is 9.40 Å². The lowest BCUT2D eigenvalue weighted by molar-refractivity contribution is -0.137. The number of oxime groups is 1. The number of benzene rings is 3. The van der Waals surface area contributed by atoms with Crippen LogP contribution in [0.15, 0.2) is 84.0 Å². The van der Waals surface area contributed by atoms with Crippen LogP contribution < -0.4 is 0 Å². The molecular formula is C27H21F5N2O. The lowest BCUT2D eigenvalue weighted by Gasteiger charge is -2.13. The molecule has 8 heteroatoms. The second-order valence-corrected chi connectivity index (χ2v) is 7.97. The Morgan fingerprint density at radius 2 is 1.63 bits per heavy atom. The summed E-state index contributed by atoms with van der Waals surface area (Å²) in [6, 6.07) is 18.8. The molecule has 4 rings (SSSR count). The van der Waals surface area contributed by atoms with Gasteiger partial charge in [0.25, 0.3) is 0 Å². The van der Waals surface area contributed by atoms with Gasteiger partial charge in [-0.25, -0.2) is 8.78 Å². The molecule has 0 radical (unpaired) electrons. The number of alkyl halides is 3. The number of nitrogens with zero attached hydrogens (tertiary/aromatic N) is 2. The van der Waals surface area contributed by atoms with E-state index in [0.717, 1.165) is 12.1 Å². The van der Waals surface area contributed by atoms with Crippen LogP contribution in [-0.2, 0) is 17.6 Å². The predicted molar refractivity (Wildman–Crippen MR) is 124 cm³/mol. The number of aromatic nitrogens is 1. The molecule has 0 aliphatic heterocycles. The number of halogens is 5. The van der Waals surface area contributed by atoms with Gasteiger partial charge in [-0.05, 0) is 79.6 Å². The lowest BCUT2D eigenvalue weighted by atomic mass is 10.1. The molecule has 0 N–H and O–H groups in total. The van der Waals surface area contributed by atoms with Crippen molar-refractivity contribution < 1.29 is 26.8 Å². The molecule has 0 fully saturated rings. The first-order valence-electron chi connectivity index (χ1n) is 10.7. The maximum absolute atomic E-state index is 14.7. The van der Waals surface area contributed by atoms with Gasteiger partial charge in [0.1, 0.15) is 18.2 Å². The number of para-hydroxylation sites is 1. The van der Waals surface area contributed by atoms with Gasteiger partial charge in [0, 0.05) is 11.3 Å². The van der Waals surface area contributed by atoms with Crippen molar-refractivity contribution in [2.24, 2.45) is 5.16 Å². The summed E-state index contributed by atoms with van der Waals surface area (Å²) < 4.78 is 68.7. The summed E-state index contributed by atoms with van der Waals surface area (Å²) >= 11 is 0. The molecule has 0 unspecified atom stereocenters. The number of hydrogen-bond acceptors (Lipinski definition) is 2. The van der Waals surface area contributed by atoms with E-state index in [2.05, 4.69) is 5.16 Å². The third-order valence-corrected chi connectivity index (χ3v) is 5.56. The first-order valence-corrected chi connectivity index (χ1v) is 10.7. The molecule has 180 valence electrons. The Balaban J connectivity index is 1.68. The summed E-state index contributed by atoms with van der Waals surface area (Å²) in [6.07, 6.45) is -4.45. The Bertz CT molecular complexity index is 1370. The smallest absolute Gasteiger partial charge is 0.391 e. The Labute approximate surface area is 199 Å². The first-order chi connectivity index (χ1) is 16.6. The van der Waals surface area contributed by atoms with Crippen LogP contribution in [0.25, 0.3) is 16.9 Å². The predicted octanol–water partition coefficient (Wildman–Crippen LogP) is 7.69. The summed E-state index contributed by atoms with van der Waals surface area (Å²) in [7, 11) is 0. The summed E-state index contributed by atoms with van der Waals surface area (Å²) in [5.74, 6) is -0.827. The van der Waals surface area contributed by atoms with Crippen molar-refractivity contribution in [1.29, 1.82) is 0 Å². The lowest BCUT2D eigenvalue weighted by Crippen LogP contribution is -2.06. The topological polar surface area (TPSA) is 26.5 Å². The molecule has 0 saturated heterocycles. The minimum Gasteiger partial charge on any atom is -0.391 e. The SMILES string of the molecule is CC(=NOCc1cccc(C(F)(F)F)c1)c1cc(-c2ccc(F)cc2)n(-c2ccccc2F)c1C. The van der Waals surface area contributed by atoms with Gasteiger partial charge in [-0.2, -0.15) is 13.2 Å². The van der Waals surface area contributed by atoms with Crippen molar-refractivity contribution >= 4 is 5.71 Å². The van der Waals surface area contributed by atoms with E-state index >= 15 is 0 Å². The van der Waals surface area contributed by atoms with E-state index in [1.165, 1.54) is 30.3 Å². The van der Waals surface area contributed by atoms with Gasteiger partial charge in [-0.15, -0.1) is 0 Å². The van der Waals surface area contributed by atoms with Crippen molar-refractivity contribution in [2.75, 3.05) is 0 Å². The maximum atomic E-state index is 14.7. The Morgan fingerprint density at radius 3 is 2.31 bits per heavy atom. The van der Waals surface area contributed by atoms with Gasteiger partial charge in [0.15, 0.2) is 0 Å². The fraction of sp³-hybridized carbons (Fsp3) is 0.148. The summed E-state index contributed by atoms with van der Waals surface area (Å²) in [5, 5.41) is 4.09. The van der Waals surface area contributed by atoms with E-state index in [9.17, 15) is 22.0 Å². The van der Waals surface area contributed by atoms with Gasteiger partial charge in [0.05, 0.1) is 22.7 Å². The van der Waals surface area contributed by atoms with Crippen molar-refractivity contribution in [3.8, 4) is 16.9 Å². The molecular weight excluding hydrogens is 463 g/mol. The molecule has 0 aliphatic rings. The molecule has 0 aliphatic carbocycles. The van der Waals surface area contributed by atoms with E-state index in [0.29, 0.717) is 39.5 Å². The molecule has 3 aromatic carbocycles. The quantitative estimate of drug-likeness (QED) is 0.157. The Hall–Kier alpha value is -3.94. The minimum absolute atomic E-state index is 0.154. The highest BCUT2D eigenvalue weighted by molar-refractivity contribution is 6.01. The van der Waals surface area contributed by atoms with E-state index in [1.54, 1.807) is 54.8 Å². The third-order valence-electron chi connectivity index (χ3n) is 5.56. The average molecular weight is 484 g/mol. The molecule has 0 spiro atoms. The van der Waals surface area contributed by atoms with Crippen LogP contribution in [-0.4, -0.2) is 10.3 Å². The number of rotatable bonds is 6. The van der Waals surface area contributed by atoms with Gasteiger partial charge in [-0.3, -0.25) is 0 Å². The zero-order valence-corrected chi connectivity index (χ0v) is 18.9. The molecule has 0 bridgehead atoms. The van der Waals surface area contributed by atoms with Crippen molar-refractivity contribution in [3.63, 3.8) is 0 Å². The molecule has 0 saturated carbocycles. The zero-order chi connectivity index (χ0) is 25.2. The standard InChI is InChI=1S/C27H21F5N2O/c1-17(33-35-16-19-6-5-7-21(14-19)27(30,31)32)23-15-26(20-10-12-22(28)13-11-20)34(18(23)2)25-9-4-3-8-24(25)29/h3-15H,16H2,1-2H3. The van der Waals surface area contributed by atoms with Crippen molar-refractivity contribution in [1.82, 2.24) is 4.57 Å². The minimum atomic E-state index is -4.45. The van der Waals surface area contributed by atoms with Gasteiger partial charge in [-0.1, -0.05) is 29.4 Å². The van der Waals surface area contributed by atoms with Crippen LogP contribution in [0.2, 0.25) is 0 Å². The average Bonchev–Trinajstić information content (AvgIpc) is 3.16. The van der Waals surface area contributed by atoms with Crippen LogP contribution in [0.4, 0.5) is 22.0 Å². The first kappa shape index (κ1) is 24.2. The highest BCUT2D eigenvalue weighted by Crippen LogP contribution is 2.32. The largest absolute Gasteiger partial charge is 0.416 e. The van der Waals surface area contributed by atoms with Crippen LogP contribution in [0, 0.1) is 18.6 Å². The second-order valence-electron chi connectivity index (χ2n) is 7.97. The zero-order valence-electron chi connectivity index (χ0n) is 18.9. The van der Waals surface area contributed by atoms with E-state index < -0.39 is 23.4 Å². The van der Waals surface area contributed by atoms with Crippen LogP contribution in [0.3, 0.4) is 0 Å². The molecule has 1 aromatic heterocycles. The fourth-order valence-electron chi connectivity index (χ4n) is 3.84. The normalized spacial score (nSPS) is 12.1. The van der Waals surface area contributed by atoms with E-state index in [4.69, 9.17) is 4.84 Å². The maximum Gasteiger partial charge on any atom is 0.416 e. The Morgan fingerprint density at radius 1 is 0.914 bits per heavy atom. The van der Waals surface area contributed by atoms with E-state index in [-0.39, 0.29) is 6.61 Å². The highest BCUT2D eigenvalue weighted by atomic mass is 19.4. The monoisotopic (exact) mass is 484 g/mol. The second kappa shape index (κ2) is 9.74. The molecule has 1 heterocycles. The summed E-state index contributed by atoms with van der Waals surface area (Å²) in [4.78, 5) is 5.35. The summed E-state index contributed by atoms with van der Waals surface area (Å²) in [5.41, 5.74) is 2.93. The van der Waals surface area contributed by atoms with Crippen molar-refractivity contribution in [3.05, 3.63) is 113 Å². The van der Waals surface area contributed by atoms with Crippen molar-refractivity contribution in [2.45, 2.75) is 26.6 Å². The molecule has 0 atom stereocenters. The highest BCUT2D eigenvalue weighted by Gasteiger charge is 2.30. The van der Waals surface area contributed by atoms with Gasteiger partial charge >= 0.3 is 6.18 Å². The van der Waals surface area contributed by atoms with E-state index in [1.807, 2.05) is 0 Å². The molecule has 0 amide bonds. The third kappa shape index (κ3) is 5.26. The van der Waals surface area contributed by atoms with Crippen LogP contribution in [0.1, 0.15) is 29.3 Å². The summed E-state index contributed by atoms with van der Waals surface area (Å²) in [6.45, 7) is 3.33. The Kier molecular flexibility index (Phi) is 6.73. The molecule has 3 nitrogen and oxygen atoms in total. The molecule has 35 heavy (non-hydrogen) atoms. The molecule has 4 aromatic rings. The fourth-order valence-corrected chi connectivity index (χ4v) is 3.84. The van der Waals surface area contributed by atoms with Crippen LogP contribution in [0.5, 0.6) is 0 Å². The van der Waals surface area contributed by atoms with Gasteiger partial charge in [0.2, 0.25) is 0 Å². The number of hydrogen-bond donors (Lipinski definition) is 0.